The molecule has 0 bridgehead atoms. The Bertz CT molecular complexity index is 305. The summed E-state index contributed by atoms with van der Waals surface area (Å²) in [6.07, 6.45) is 8.68. The van der Waals surface area contributed by atoms with Crippen molar-refractivity contribution >= 4 is 5.91 Å². The third-order valence-corrected chi connectivity index (χ3v) is 4.86. The lowest BCUT2D eigenvalue weighted by molar-refractivity contribution is -0.123. The molecular formula is C17H33N3O. The molecule has 1 saturated heterocycles. The van der Waals surface area contributed by atoms with Crippen LogP contribution in [-0.2, 0) is 4.79 Å². The number of amides is 1. The molecule has 2 N–H and O–H groups in total. The Morgan fingerprint density at radius 3 is 2.38 bits per heavy atom. The molecule has 2 rings (SSSR count). The number of likely N-dealkylation sites (tertiary alicyclic amines) is 1. The summed E-state index contributed by atoms with van der Waals surface area (Å²) in [5.74, 6) is 1.02. The number of nitrogens with one attached hydrogen (secondary N) is 2. The van der Waals surface area contributed by atoms with Crippen LogP contribution < -0.4 is 10.6 Å². The maximum Gasteiger partial charge on any atom is 0.234 e. The van der Waals surface area contributed by atoms with Gasteiger partial charge < -0.3 is 10.6 Å². The highest BCUT2D eigenvalue weighted by Gasteiger charge is 2.22. The predicted octanol–water partition coefficient (Wildman–Crippen LogP) is 2.15. The lowest BCUT2D eigenvalue weighted by Crippen LogP contribution is -2.46. The summed E-state index contributed by atoms with van der Waals surface area (Å²) in [6.45, 7) is 8.27. The van der Waals surface area contributed by atoms with Crippen LogP contribution in [-0.4, -0.2) is 49.1 Å². The molecule has 0 atom stereocenters. The molecule has 0 spiro atoms. The van der Waals surface area contributed by atoms with Gasteiger partial charge in [0.2, 0.25) is 5.91 Å². The van der Waals surface area contributed by atoms with Gasteiger partial charge in [0.15, 0.2) is 0 Å². The number of rotatable bonds is 6. The number of nitrogens with zero attached hydrogens (tertiary/aromatic N) is 1. The minimum Gasteiger partial charge on any atom is -0.352 e. The minimum absolute atomic E-state index is 0.237. The normalized spacial score (nSPS) is 22.6. The summed E-state index contributed by atoms with van der Waals surface area (Å²) in [4.78, 5) is 14.4. The number of carbonyl (C=O) groups excluding carboxylic acids is 1. The maximum atomic E-state index is 12.1. The van der Waals surface area contributed by atoms with E-state index in [1.807, 2.05) is 0 Å². The molecule has 1 aliphatic carbocycles. The van der Waals surface area contributed by atoms with Crippen molar-refractivity contribution in [2.75, 3.05) is 26.2 Å². The van der Waals surface area contributed by atoms with Gasteiger partial charge in [0.1, 0.15) is 0 Å². The third-order valence-electron chi connectivity index (χ3n) is 4.86. The van der Waals surface area contributed by atoms with Gasteiger partial charge in [0, 0.05) is 12.1 Å². The number of carbonyl (C=O) groups is 1. The maximum absolute atomic E-state index is 12.1. The van der Waals surface area contributed by atoms with Crippen LogP contribution in [0.5, 0.6) is 0 Å². The Morgan fingerprint density at radius 1 is 1.10 bits per heavy atom. The van der Waals surface area contributed by atoms with Crippen molar-refractivity contribution in [1.29, 1.82) is 0 Å². The van der Waals surface area contributed by atoms with Crippen LogP contribution in [0.15, 0.2) is 0 Å². The first-order valence-corrected chi connectivity index (χ1v) is 8.88. The molecule has 0 aromatic carbocycles. The van der Waals surface area contributed by atoms with Crippen molar-refractivity contribution in [3.63, 3.8) is 0 Å². The second-order valence-corrected chi connectivity index (χ2v) is 7.18. The average Bonchev–Trinajstić information content (AvgIpc) is 2.47. The molecule has 1 aliphatic heterocycles. The highest BCUT2D eigenvalue weighted by atomic mass is 16.2. The summed E-state index contributed by atoms with van der Waals surface area (Å²) in [6, 6.07) is 1.02. The molecule has 0 aromatic rings. The van der Waals surface area contributed by atoms with Crippen molar-refractivity contribution < 1.29 is 4.79 Å². The Balaban J connectivity index is 1.60. The molecule has 2 aliphatic rings. The zero-order valence-corrected chi connectivity index (χ0v) is 13.9. The molecule has 0 aromatic heterocycles. The largest absolute Gasteiger partial charge is 0.352 e. The Hall–Kier alpha value is -0.610. The molecule has 1 heterocycles. The Kier molecular flexibility index (Phi) is 6.97. The monoisotopic (exact) mass is 295 g/mol. The van der Waals surface area contributed by atoms with E-state index in [0.717, 1.165) is 25.6 Å². The second-order valence-electron chi connectivity index (χ2n) is 7.18. The van der Waals surface area contributed by atoms with Crippen molar-refractivity contribution in [2.45, 2.75) is 70.9 Å². The standard InChI is InChI=1S/C17H33N3O/c1-14(2)18-12-15-8-10-20(11-9-15)13-17(21)19-16-6-4-3-5-7-16/h14-16,18H,3-13H2,1-2H3,(H,19,21). The van der Waals surface area contributed by atoms with Gasteiger partial charge in [-0.3, -0.25) is 9.69 Å². The van der Waals surface area contributed by atoms with Gasteiger partial charge in [-0.05, 0) is 51.2 Å². The van der Waals surface area contributed by atoms with Gasteiger partial charge in [0.05, 0.1) is 6.54 Å². The van der Waals surface area contributed by atoms with Crippen LogP contribution in [0.2, 0.25) is 0 Å². The van der Waals surface area contributed by atoms with E-state index in [9.17, 15) is 4.79 Å². The smallest absolute Gasteiger partial charge is 0.234 e. The molecule has 4 nitrogen and oxygen atoms in total. The van der Waals surface area contributed by atoms with Crippen LogP contribution in [0.25, 0.3) is 0 Å². The first-order valence-electron chi connectivity index (χ1n) is 8.88. The fourth-order valence-corrected chi connectivity index (χ4v) is 3.47. The average molecular weight is 295 g/mol. The molecule has 21 heavy (non-hydrogen) atoms. The van der Waals surface area contributed by atoms with E-state index in [0.29, 0.717) is 18.6 Å². The van der Waals surface area contributed by atoms with Crippen molar-refractivity contribution in [2.24, 2.45) is 5.92 Å². The lowest BCUT2D eigenvalue weighted by atomic mass is 9.95. The van der Waals surface area contributed by atoms with Gasteiger partial charge >= 0.3 is 0 Å². The van der Waals surface area contributed by atoms with E-state index in [-0.39, 0.29) is 5.91 Å². The topological polar surface area (TPSA) is 44.4 Å². The molecular weight excluding hydrogens is 262 g/mol. The first-order chi connectivity index (χ1) is 10.1. The van der Waals surface area contributed by atoms with Crippen molar-refractivity contribution in [3.05, 3.63) is 0 Å². The van der Waals surface area contributed by atoms with Gasteiger partial charge in [0.25, 0.3) is 0 Å². The highest BCUT2D eigenvalue weighted by molar-refractivity contribution is 5.78. The predicted molar refractivity (Wildman–Crippen MR) is 87.3 cm³/mol. The number of hydrogen-bond donors (Lipinski definition) is 2. The molecule has 1 amide bonds. The van der Waals surface area contributed by atoms with Crippen molar-refractivity contribution in [1.82, 2.24) is 15.5 Å². The molecule has 4 heteroatoms. The van der Waals surface area contributed by atoms with E-state index in [2.05, 4.69) is 29.4 Å². The summed E-state index contributed by atoms with van der Waals surface area (Å²) in [7, 11) is 0. The van der Waals surface area contributed by atoms with Gasteiger partial charge in [-0.1, -0.05) is 33.1 Å². The Labute approximate surface area is 130 Å². The summed E-state index contributed by atoms with van der Waals surface area (Å²) in [5, 5.41) is 6.75. The van der Waals surface area contributed by atoms with Crippen LogP contribution in [0.4, 0.5) is 0 Å². The fourth-order valence-electron chi connectivity index (χ4n) is 3.47. The minimum atomic E-state index is 0.237. The summed E-state index contributed by atoms with van der Waals surface area (Å²) >= 11 is 0. The summed E-state index contributed by atoms with van der Waals surface area (Å²) in [5.41, 5.74) is 0. The SMILES string of the molecule is CC(C)NCC1CCN(CC(=O)NC2CCCCC2)CC1. The molecule has 2 fully saturated rings. The first kappa shape index (κ1) is 16.8. The van der Waals surface area contributed by atoms with Gasteiger partial charge in [-0.25, -0.2) is 0 Å². The van der Waals surface area contributed by atoms with Gasteiger partial charge in [-0.15, -0.1) is 0 Å². The molecule has 0 radical (unpaired) electrons. The quantitative estimate of drug-likeness (QED) is 0.789. The van der Waals surface area contributed by atoms with Crippen molar-refractivity contribution in [3.8, 4) is 0 Å². The van der Waals surface area contributed by atoms with E-state index in [1.54, 1.807) is 0 Å². The zero-order chi connectivity index (χ0) is 15.1. The third kappa shape index (κ3) is 6.35. The Morgan fingerprint density at radius 2 is 1.76 bits per heavy atom. The van der Waals surface area contributed by atoms with E-state index in [1.165, 1.54) is 44.9 Å². The lowest BCUT2D eigenvalue weighted by Gasteiger charge is -2.32. The van der Waals surface area contributed by atoms with Crippen LogP contribution in [0.3, 0.4) is 0 Å². The van der Waals surface area contributed by atoms with E-state index >= 15 is 0 Å². The zero-order valence-electron chi connectivity index (χ0n) is 13.9. The highest BCUT2D eigenvalue weighted by Crippen LogP contribution is 2.18. The van der Waals surface area contributed by atoms with E-state index < -0.39 is 0 Å². The molecule has 0 unspecified atom stereocenters. The molecule has 122 valence electrons. The van der Waals surface area contributed by atoms with Crippen LogP contribution in [0, 0.1) is 5.92 Å². The van der Waals surface area contributed by atoms with Gasteiger partial charge in [-0.2, -0.15) is 0 Å². The summed E-state index contributed by atoms with van der Waals surface area (Å²) < 4.78 is 0. The molecule has 1 saturated carbocycles. The van der Waals surface area contributed by atoms with E-state index in [4.69, 9.17) is 0 Å². The van der Waals surface area contributed by atoms with Crippen LogP contribution >= 0.6 is 0 Å². The second kappa shape index (κ2) is 8.74. The number of piperidine rings is 1. The van der Waals surface area contributed by atoms with Crippen LogP contribution in [0.1, 0.15) is 58.8 Å². The number of hydrogen-bond acceptors (Lipinski definition) is 3. The fraction of sp³-hybridized carbons (Fsp3) is 0.941.